The molecule has 1 aromatic rings. The summed E-state index contributed by atoms with van der Waals surface area (Å²) in [4.78, 5) is 0. The number of nitrogens with one attached hydrogen (secondary N) is 1. The van der Waals surface area contributed by atoms with E-state index in [4.69, 9.17) is 0 Å². The number of hydrogen-bond donors (Lipinski definition) is 1. The molecule has 0 bridgehead atoms. The molecule has 0 spiro atoms. The molecule has 1 aromatic carbocycles. The second-order valence-corrected chi connectivity index (χ2v) is 5.66. The molecule has 1 N–H and O–H groups in total. The summed E-state index contributed by atoms with van der Waals surface area (Å²) in [5.74, 6) is -1.03. The number of rotatable bonds is 5. The highest BCUT2D eigenvalue weighted by molar-refractivity contribution is 9.10. The first kappa shape index (κ1) is 14.6. The maximum absolute atomic E-state index is 13.7. The highest BCUT2D eigenvalue weighted by Crippen LogP contribution is 2.22. The predicted octanol–water partition coefficient (Wildman–Crippen LogP) is 4.40. The lowest BCUT2D eigenvalue weighted by Crippen LogP contribution is -2.38. The van der Waals surface area contributed by atoms with Gasteiger partial charge in [0.25, 0.3) is 0 Å². The molecule has 17 heavy (non-hydrogen) atoms. The zero-order valence-corrected chi connectivity index (χ0v) is 12.0. The zero-order chi connectivity index (χ0) is 13.1. The average Bonchev–Trinajstić information content (AvgIpc) is 2.23. The van der Waals surface area contributed by atoms with Crippen LogP contribution in [0.25, 0.3) is 0 Å². The third-order valence-corrected chi connectivity index (χ3v) is 3.37. The van der Waals surface area contributed by atoms with Gasteiger partial charge in [-0.1, -0.05) is 13.3 Å². The van der Waals surface area contributed by atoms with E-state index in [0.717, 1.165) is 12.8 Å². The maximum atomic E-state index is 13.7. The minimum absolute atomic E-state index is 0.0866. The first-order valence-corrected chi connectivity index (χ1v) is 6.54. The molecule has 0 aromatic heterocycles. The topological polar surface area (TPSA) is 12.0 Å². The van der Waals surface area contributed by atoms with E-state index in [1.165, 1.54) is 12.1 Å². The van der Waals surface area contributed by atoms with E-state index in [0.29, 0.717) is 4.47 Å². The molecule has 0 aliphatic heterocycles. The Morgan fingerprint density at radius 3 is 2.53 bits per heavy atom. The molecule has 0 unspecified atom stereocenters. The van der Waals surface area contributed by atoms with Gasteiger partial charge in [-0.25, -0.2) is 8.78 Å². The Kier molecular flexibility index (Phi) is 5.07. The molecule has 0 fully saturated rings. The SMILES string of the molecule is CCCC(C)(C)NCc1c(F)ccc(Br)c1F. The van der Waals surface area contributed by atoms with E-state index in [1.807, 2.05) is 13.8 Å². The van der Waals surface area contributed by atoms with E-state index in [9.17, 15) is 8.78 Å². The van der Waals surface area contributed by atoms with Gasteiger partial charge in [0, 0.05) is 17.6 Å². The van der Waals surface area contributed by atoms with Crippen molar-refractivity contribution >= 4 is 15.9 Å². The summed E-state index contributed by atoms with van der Waals surface area (Å²) in [6, 6.07) is 2.66. The third-order valence-electron chi connectivity index (χ3n) is 2.76. The summed E-state index contributed by atoms with van der Waals surface area (Å²) in [5.41, 5.74) is -0.0285. The van der Waals surface area contributed by atoms with Crippen molar-refractivity contribution < 1.29 is 8.78 Å². The van der Waals surface area contributed by atoms with Crippen molar-refractivity contribution in [2.24, 2.45) is 0 Å². The number of hydrogen-bond acceptors (Lipinski definition) is 1. The van der Waals surface area contributed by atoms with Crippen LogP contribution in [-0.2, 0) is 6.54 Å². The summed E-state index contributed by atoms with van der Waals surface area (Å²) >= 11 is 3.06. The van der Waals surface area contributed by atoms with Gasteiger partial charge in [-0.15, -0.1) is 0 Å². The van der Waals surface area contributed by atoms with Gasteiger partial charge in [-0.05, 0) is 48.3 Å². The molecule has 0 radical (unpaired) electrons. The molecule has 0 aliphatic rings. The monoisotopic (exact) mass is 305 g/mol. The fraction of sp³-hybridized carbons (Fsp3) is 0.538. The molecule has 0 amide bonds. The maximum Gasteiger partial charge on any atom is 0.144 e. The molecule has 0 atom stereocenters. The van der Waals surface area contributed by atoms with Crippen LogP contribution in [0.1, 0.15) is 39.2 Å². The summed E-state index contributed by atoms with van der Waals surface area (Å²) in [7, 11) is 0. The van der Waals surface area contributed by atoms with Crippen LogP contribution in [0.15, 0.2) is 16.6 Å². The van der Waals surface area contributed by atoms with E-state index in [1.54, 1.807) is 0 Å². The molecule has 0 saturated carbocycles. The van der Waals surface area contributed by atoms with Crippen LogP contribution in [-0.4, -0.2) is 5.54 Å². The minimum Gasteiger partial charge on any atom is -0.308 e. The van der Waals surface area contributed by atoms with Gasteiger partial charge in [-0.2, -0.15) is 0 Å². The lowest BCUT2D eigenvalue weighted by Gasteiger charge is -2.26. The molecular formula is C13H18BrF2N. The average molecular weight is 306 g/mol. The Labute approximate surface area is 110 Å². The van der Waals surface area contributed by atoms with Gasteiger partial charge in [0.2, 0.25) is 0 Å². The lowest BCUT2D eigenvalue weighted by atomic mass is 9.98. The van der Waals surface area contributed by atoms with Gasteiger partial charge in [-0.3, -0.25) is 0 Å². The van der Waals surface area contributed by atoms with Gasteiger partial charge in [0.15, 0.2) is 0 Å². The molecule has 1 rings (SSSR count). The Morgan fingerprint density at radius 1 is 1.29 bits per heavy atom. The van der Waals surface area contributed by atoms with Crippen molar-refractivity contribution in [3.05, 3.63) is 33.8 Å². The van der Waals surface area contributed by atoms with E-state index < -0.39 is 11.6 Å². The van der Waals surface area contributed by atoms with Crippen LogP contribution in [0, 0.1) is 11.6 Å². The summed E-state index contributed by atoms with van der Waals surface area (Å²) < 4.78 is 27.5. The Balaban J connectivity index is 2.79. The fourth-order valence-corrected chi connectivity index (χ4v) is 2.14. The Morgan fingerprint density at radius 2 is 1.94 bits per heavy atom. The first-order valence-electron chi connectivity index (χ1n) is 5.75. The van der Waals surface area contributed by atoms with Crippen molar-refractivity contribution in [1.82, 2.24) is 5.32 Å². The second kappa shape index (κ2) is 5.91. The van der Waals surface area contributed by atoms with Crippen molar-refractivity contribution in [1.29, 1.82) is 0 Å². The summed E-state index contributed by atoms with van der Waals surface area (Å²) in [6.45, 7) is 6.35. The summed E-state index contributed by atoms with van der Waals surface area (Å²) in [6.07, 6.45) is 1.99. The highest BCUT2D eigenvalue weighted by Gasteiger charge is 2.18. The van der Waals surface area contributed by atoms with Crippen LogP contribution < -0.4 is 5.32 Å². The summed E-state index contributed by atoms with van der Waals surface area (Å²) in [5, 5.41) is 3.18. The molecule has 4 heteroatoms. The predicted molar refractivity (Wildman–Crippen MR) is 69.9 cm³/mol. The smallest absolute Gasteiger partial charge is 0.144 e. The van der Waals surface area contributed by atoms with Crippen molar-refractivity contribution in [3.8, 4) is 0 Å². The molecule has 0 saturated heterocycles. The largest absolute Gasteiger partial charge is 0.308 e. The van der Waals surface area contributed by atoms with Gasteiger partial charge in [0.05, 0.1) is 4.47 Å². The molecular weight excluding hydrogens is 288 g/mol. The molecule has 0 aliphatic carbocycles. The van der Waals surface area contributed by atoms with Crippen molar-refractivity contribution in [2.75, 3.05) is 0 Å². The fourth-order valence-electron chi connectivity index (χ4n) is 1.77. The van der Waals surface area contributed by atoms with Crippen LogP contribution in [0.2, 0.25) is 0 Å². The van der Waals surface area contributed by atoms with E-state index in [2.05, 4.69) is 28.2 Å². The van der Waals surface area contributed by atoms with Crippen LogP contribution in [0.3, 0.4) is 0 Å². The Bertz CT molecular complexity index is 391. The van der Waals surface area contributed by atoms with E-state index >= 15 is 0 Å². The quantitative estimate of drug-likeness (QED) is 0.795. The lowest BCUT2D eigenvalue weighted by molar-refractivity contribution is 0.350. The third kappa shape index (κ3) is 4.03. The van der Waals surface area contributed by atoms with Gasteiger partial charge in [0.1, 0.15) is 11.6 Å². The normalized spacial score (nSPS) is 11.9. The molecule has 96 valence electrons. The van der Waals surface area contributed by atoms with Crippen molar-refractivity contribution in [2.45, 2.75) is 45.7 Å². The number of benzene rings is 1. The van der Waals surface area contributed by atoms with Crippen molar-refractivity contribution in [3.63, 3.8) is 0 Å². The zero-order valence-electron chi connectivity index (χ0n) is 10.4. The Hall–Kier alpha value is -0.480. The first-order chi connectivity index (χ1) is 7.87. The standard InChI is InChI=1S/C13H18BrF2N/c1-4-7-13(2,3)17-8-9-11(15)6-5-10(14)12(9)16/h5-6,17H,4,7-8H2,1-3H3. The second-order valence-electron chi connectivity index (χ2n) is 4.81. The van der Waals surface area contributed by atoms with Crippen LogP contribution >= 0.6 is 15.9 Å². The van der Waals surface area contributed by atoms with Gasteiger partial charge < -0.3 is 5.32 Å². The van der Waals surface area contributed by atoms with Crippen LogP contribution in [0.4, 0.5) is 8.78 Å². The molecule has 1 nitrogen and oxygen atoms in total. The van der Waals surface area contributed by atoms with Gasteiger partial charge >= 0.3 is 0 Å². The number of halogens is 3. The molecule has 0 heterocycles. The van der Waals surface area contributed by atoms with Crippen LogP contribution in [0.5, 0.6) is 0 Å². The minimum atomic E-state index is -0.523. The van der Waals surface area contributed by atoms with E-state index in [-0.39, 0.29) is 17.6 Å². The highest BCUT2D eigenvalue weighted by atomic mass is 79.9.